The number of aliphatic imine (C=N–C) groups is 1. The predicted molar refractivity (Wildman–Crippen MR) is 142 cm³/mol. The molecule has 0 bridgehead atoms. The molecule has 3 aromatic rings. The number of amides is 2. The first kappa shape index (κ1) is 26.8. The van der Waals surface area contributed by atoms with Crippen LogP contribution in [-0.4, -0.2) is 38.7 Å². The minimum atomic E-state index is -2.75. The largest absolute Gasteiger partial charge is 0.453 e. The molecule has 3 rings (SSSR count). The molecule has 188 valence electrons. The second-order valence-electron chi connectivity index (χ2n) is 7.56. The molecule has 1 heterocycles. The molecule has 1 atom stereocenters. The van der Waals surface area contributed by atoms with E-state index in [-0.39, 0.29) is 11.6 Å². The summed E-state index contributed by atoms with van der Waals surface area (Å²) in [4.78, 5) is 33.6. The molecule has 2 N–H and O–H groups in total. The van der Waals surface area contributed by atoms with E-state index in [2.05, 4.69) is 24.8 Å². The lowest BCUT2D eigenvalue weighted by molar-refractivity contribution is -0.114. The Bertz CT molecular complexity index is 1310. The van der Waals surface area contributed by atoms with E-state index in [0.29, 0.717) is 17.7 Å². The number of anilines is 1. The normalized spacial score (nSPS) is 12.5. The number of ether oxygens (including phenoxy) is 1. The number of hydrogen-bond acceptors (Lipinski definition) is 7. The Morgan fingerprint density at radius 2 is 1.86 bits per heavy atom. The molecule has 0 aliphatic rings. The average Bonchev–Trinajstić information content (AvgIpc) is 3.36. The molecule has 1 aromatic heterocycles. The van der Waals surface area contributed by atoms with Crippen molar-refractivity contribution >= 4 is 52.2 Å². The number of thiazole rings is 1. The summed E-state index contributed by atoms with van der Waals surface area (Å²) in [5.41, 5.74) is 2.82. The first-order chi connectivity index (χ1) is 17.4. The summed E-state index contributed by atoms with van der Waals surface area (Å²) in [6.45, 7) is 2.01. The molecular weight excluding hydrogens is 500 g/mol. The molecule has 0 saturated heterocycles. The summed E-state index contributed by atoms with van der Waals surface area (Å²) in [7, 11) is -1.53. The van der Waals surface area contributed by atoms with E-state index in [1.807, 2.05) is 30.5 Å². The molecule has 0 aliphatic heterocycles. The maximum atomic E-state index is 13.0. The van der Waals surface area contributed by atoms with Gasteiger partial charge in [0.1, 0.15) is 5.70 Å². The Hall–Kier alpha value is -3.83. The van der Waals surface area contributed by atoms with E-state index in [0.717, 1.165) is 22.7 Å². The molecule has 0 saturated carbocycles. The van der Waals surface area contributed by atoms with Gasteiger partial charge in [-0.2, -0.15) is 0 Å². The van der Waals surface area contributed by atoms with Crippen molar-refractivity contribution in [2.45, 2.75) is 25.7 Å². The Labute approximate surface area is 215 Å². The standard InChI is InChI=1S/C25H26N4O5S2/c1-3-23-27-22(16-35-23)19(13-18-9-11-20(12-10-18)29-36(32)33)15-26-24(30)21(28-25(31)34-2)14-17-7-5-4-6-8-17/h4-12,14-16,19,36H,3,13H2,1-2H3,(H,28,31)(H,29,32,33)/b21-14-,26-15+/t19-/m1/s1. The molecule has 9 nitrogen and oxygen atoms in total. The minimum Gasteiger partial charge on any atom is -0.453 e. The quantitative estimate of drug-likeness (QED) is 0.208. The number of alkyl carbamates (subject to hydrolysis) is 1. The van der Waals surface area contributed by atoms with Crippen molar-refractivity contribution in [3.63, 3.8) is 0 Å². The van der Waals surface area contributed by atoms with E-state index in [9.17, 15) is 18.0 Å². The third-order valence-corrected chi connectivity index (χ3v) is 6.47. The number of carbonyl (C=O) groups is 2. The molecule has 0 spiro atoms. The predicted octanol–water partition coefficient (Wildman–Crippen LogP) is 3.96. The van der Waals surface area contributed by atoms with E-state index in [1.165, 1.54) is 30.7 Å². The van der Waals surface area contributed by atoms with Crippen LogP contribution in [0.1, 0.15) is 34.7 Å². The Balaban J connectivity index is 1.87. The zero-order chi connectivity index (χ0) is 25.9. The summed E-state index contributed by atoms with van der Waals surface area (Å²) in [5, 5.41) is 5.33. The summed E-state index contributed by atoms with van der Waals surface area (Å²) in [5.74, 6) is -0.962. The highest BCUT2D eigenvalue weighted by Crippen LogP contribution is 2.23. The fraction of sp³-hybridized carbons (Fsp3) is 0.200. The van der Waals surface area contributed by atoms with Crippen molar-refractivity contribution in [3.05, 3.63) is 87.5 Å². The van der Waals surface area contributed by atoms with Crippen molar-refractivity contribution in [3.8, 4) is 0 Å². The van der Waals surface area contributed by atoms with Gasteiger partial charge in [-0.05, 0) is 42.2 Å². The van der Waals surface area contributed by atoms with Gasteiger partial charge in [0, 0.05) is 23.2 Å². The summed E-state index contributed by atoms with van der Waals surface area (Å²) >= 11 is 1.53. The third kappa shape index (κ3) is 8.14. The van der Waals surface area contributed by atoms with Crippen molar-refractivity contribution in [2.24, 2.45) is 4.99 Å². The average molecular weight is 527 g/mol. The van der Waals surface area contributed by atoms with Crippen LogP contribution in [0.25, 0.3) is 6.08 Å². The highest BCUT2D eigenvalue weighted by molar-refractivity contribution is 7.73. The second-order valence-corrected chi connectivity index (χ2v) is 9.25. The SMILES string of the molecule is CCc1nc([C@@H](/C=N/C(=O)/C(=C/c2ccccc2)NC(=O)OC)Cc2ccc(N[SH](=O)=O)cc2)cs1. The Morgan fingerprint density at radius 3 is 2.47 bits per heavy atom. The molecule has 0 unspecified atom stereocenters. The zero-order valence-electron chi connectivity index (χ0n) is 19.7. The van der Waals surface area contributed by atoms with E-state index in [4.69, 9.17) is 0 Å². The second kappa shape index (κ2) is 13.3. The highest BCUT2D eigenvalue weighted by atomic mass is 32.2. The van der Waals surface area contributed by atoms with Crippen LogP contribution < -0.4 is 10.0 Å². The molecule has 2 aromatic carbocycles. The lowest BCUT2D eigenvalue weighted by atomic mass is 9.97. The molecule has 0 aliphatic carbocycles. The van der Waals surface area contributed by atoms with Crippen molar-refractivity contribution < 1.29 is 22.7 Å². The van der Waals surface area contributed by atoms with Gasteiger partial charge in [0.05, 0.1) is 17.8 Å². The van der Waals surface area contributed by atoms with Gasteiger partial charge in [-0.3, -0.25) is 14.8 Å². The molecular formula is C25H26N4O5S2. The third-order valence-electron chi connectivity index (χ3n) is 5.02. The molecule has 0 fully saturated rings. The number of rotatable bonds is 10. The summed E-state index contributed by atoms with van der Waals surface area (Å²) < 4.78 is 28.8. The van der Waals surface area contributed by atoms with Crippen LogP contribution in [0.5, 0.6) is 0 Å². The monoisotopic (exact) mass is 526 g/mol. The van der Waals surface area contributed by atoms with Gasteiger partial charge in [-0.15, -0.1) is 11.3 Å². The number of aromatic nitrogens is 1. The van der Waals surface area contributed by atoms with E-state index in [1.54, 1.807) is 36.4 Å². The number of nitrogens with one attached hydrogen (secondary N) is 2. The topological polar surface area (TPSA) is 127 Å². The van der Waals surface area contributed by atoms with Gasteiger partial charge >= 0.3 is 6.09 Å². The van der Waals surface area contributed by atoms with Crippen LogP contribution in [0.4, 0.5) is 10.5 Å². The number of hydrogen-bond donors (Lipinski definition) is 3. The summed E-state index contributed by atoms with van der Waals surface area (Å²) in [6, 6.07) is 16.0. The van der Waals surface area contributed by atoms with Gasteiger partial charge in [-0.25, -0.2) is 23.2 Å². The fourth-order valence-electron chi connectivity index (χ4n) is 3.22. The van der Waals surface area contributed by atoms with Crippen molar-refractivity contribution in [2.75, 3.05) is 11.8 Å². The molecule has 2 amide bonds. The van der Waals surface area contributed by atoms with Crippen LogP contribution in [-0.2, 0) is 33.3 Å². The van der Waals surface area contributed by atoms with Crippen molar-refractivity contribution in [1.29, 1.82) is 0 Å². The van der Waals surface area contributed by atoms with Crippen LogP contribution in [0, 0.1) is 0 Å². The first-order valence-corrected chi connectivity index (χ1v) is 13.1. The maximum absolute atomic E-state index is 13.0. The Morgan fingerprint density at radius 1 is 1.14 bits per heavy atom. The van der Waals surface area contributed by atoms with Crippen LogP contribution in [0.15, 0.2) is 70.7 Å². The molecule has 0 radical (unpaired) electrons. The fourth-order valence-corrected chi connectivity index (χ4v) is 4.39. The number of aryl methyl sites for hydroxylation is 1. The van der Waals surface area contributed by atoms with Gasteiger partial charge in [-0.1, -0.05) is 49.4 Å². The number of nitrogens with zero attached hydrogens (tertiary/aromatic N) is 2. The van der Waals surface area contributed by atoms with Crippen LogP contribution >= 0.6 is 11.3 Å². The first-order valence-electron chi connectivity index (χ1n) is 11.0. The number of benzene rings is 2. The highest BCUT2D eigenvalue weighted by Gasteiger charge is 2.17. The van der Waals surface area contributed by atoms with Crippen LogP contribution in [0.3, 0.4) is 0 Å². The molecule has 11 heteroatoms. The number of thiol groups is 1. The number of carbonyl (C=O) groups excluding carboxylic acids is 2. The van der Waals surface area contributed by atoms with Crippen LogP contribution in [0.2, 0.25) is 0 Å². The number of methoxy groups -OCH3 is 1. The minimum absolute atomic E-state index is 0.0299. The Kier molecular flexibility index (Phi) is 9.90. The van der Waals surface area contributed by atoms with Gasteiger partial charge in [0.25, 0.3) is 5.91 Å². The van der Waals surface area contributed by atoms with Gasteiger partial charge in [0.15, 0.2) is 0 Å². The lowest BCUT2D eigenvalue weighted by Crippen LogP contribution is -2.26. The zero-order valence-corrected chi connectivity index (χ0v) is 21.4. The van der Waals surface area contributed by atoms with Gasteiger partial charge in [0.2, 0.25) is 10.9 Å². The summed E-state index contributed by atoms with van der Waals surface area (Å²) in [6.07, 6.45) is 3.54. The van der Waals surface area contributed by atoms with Crippen molar-refractivity contribution in [1.82, 2.24) is 10.3 Å². The maximum Gasteiger partial charge on any atom is 0.411 e. The smallest absolute Gasteiger partial charge is 0.411 e. The molecule has 36 heavy (non-hydrogen) atoms. The van der Waals surface area contributed by atoms with Gasteiger partial charge < -0.3 is 4.74 Å². The van der Waals surface area contributed by atoms with E-state index >= 15 is 0 Å². The lowest BCUT2D eigenvalue weighted by Gasteiger charge is -2.11. The van der Waals surface area contributed by atoms with E-state index < -0.39 is 22.9 Å².